The summed E-state index contributed by atoms with van der Waals surface area (Å²) in [5.74, 6) is -2.61. The van der Waals surface area contributed by atoms with E-state index in [4.69, 9.17) is 4.74 Å². The van der Waals surface area contributed by atoms with Gasteiger partial charge in [0.15, 0.2) is 0 Å². The van der Waals surface area contributed by atoms with Crippen molar-refractivity contribution >= 4 is 39.3 Å². The first kappa shape index (κ1) is 30.5. The Morgan fingerprint density at radius 1 is 1.18 bits per heavy atom. The van der Waals surface area contributed by atoms with Gasteiger partial charge in [-0.05, 0) is 45.2 Å². The van der Waals surface area contributed by atoms with E-state index in [1.165, 1.54) is 0 Å². The number of halogens is 1. The standard InChI is InChI=1S/C31H42BrN3O5/c1-8-15-33(20-13-11-10-12-14-20)27(37)23-24-28(38)35(22(18-36)19(3)4)26(31(24)17-21(32)25(23)40-31)29(39)34(16-9-2)30(5,6)7/h8-14,19,21-26,36H,1-2,15-18H2,3-7H3/t21?,22-,23-,24-,25-,26?,31?/m0/s1. The molecule has 218 valence electrons. The molecule has 8 nitrogen and oxygen atoms in total. The van der Waals surface area contributed by atoms with Crippen LogP contribution in [0.3, 0.4) is 0 Å². The van der Waals surface area contributed by atoms with Crippen molar-refractivity contribution in [3.8, 4) is 0 Å². The lowest BCUT2D eigenvalue weighted by Gasteiger charge is -2.44. The van der Waals surface area contributed by atoms with E-state index in [0.29, 0.717) is 12.1 Å². The number of aliphatic hydroxyl groups is 1. The lowest BCUT2D eigenvalue weighted by molar-refractivity contribution is -0.155. The van der Waals surface area contributed by atoms with Gasteiger partial charge < -0.3 is 24.5 Å². The number of likely N-dealkylation sites (tertiary alicyclic amines) is 1. The van der Waals surface area contributed by atoms with E-state index in [0.717, 1.165) is 0 Å². The summed E-state index contributed by atoms with van der Waals surface area (Å²) in [7, 11) is 0. The quantitative estimate of drug-likeness (QED) is 0.319. The van der Waals surface area contributed by atoms with Gasteiger partial charge in [0, 0.05) is 29.1 Å². The van der Waals surface area contributed by atoms with Gasteiger partial charge in [0.1, 0.15) is 11.6 Å². The molecule has 0 radical (unpaired) electrons. The minimum atomic E-state index is -1.21. The molecule has 4 rings (SSSR count). The fraction of sp³-hybridized carbons (Fsp3) is 0.581. The molecule has 1 aromatic rings. The summed E-state index contributed by atoms with van der Waals surface area (Å²) in [6.07, 6.45) is 3.15. The van der Waals surface area contributed by atoms with Gasteiger partial charge in [-0.1, -0.05) is 60.1 Å². The number of carbonyl (C=O) groups is 3. The number of rotatable bonds is 10. The third-order valence-electron chi connectivity index (χ3n) is 8.59. The second-order valence-electron chi connectivity index (χ2n) is 12.4. The number of benzene rings is 1. The van der Waals surface area contributed by atoms with Crippen molar-refractivity contribution in [3.63, 3.8) is 0 Å². The number of nitrogens with zero attached hydrogens (tertiary/aromatic N) is 3. The highest BCUT2D eigenvalue weighted by molar-refractivity contribution is 9.09. The van der Waals surface area contributed by atoms with Crippen LogP contribution in [0.25, 0.3) is 0 Å². The summed E-state index contributed by atoms with van der Waals surface area (Å²) < 4.78 is 6.71. The Hall–Kier alpha value is -2.49. The summed E-state index contributed by atoms with van der Waals surface area (Å²) in [6, 6.07) is 7.69. The van der Waals surface area contributed by atoms with Gasteiger partial charge in [0.05, 0.1) is 30.6 Å². The van der Waals surface area contributed by atoms with Crippen LogP contribution in [-0.2, 0) is 19.1 Å². The normalized spacial score (nSPS) is 29.9. The second-order valence-corrected chi connectivity index (χ2v) is 13.6. The SMILES string of the molecule is C=CCN(C(=O)[C@H]1[C@H]2C(=O)N([C@@H](CO)C(C)C)C(C(=O)N(CC=C)C(C)(C)C)C23CC(Br)[C@@H]1O3)c1ccccc1. The number of amides is 3. The zero-order valence-electron chi connectivity index (χ0n) is 24.1. The lowest BCUT2D eigenvalue weighted by Crippen LogP contribution is -2.62. The van der Waals surface area contributed by atoms with Crippen molar-refractivity contribution in [2.24, 2.45) is 17.8 Å². The molecule has 3 fully saturated rings. The summed E-state index contributed by atoms with van der Waals surface area (Å²) in [5.41, 5.74) is -1.07. The molecule has 3 aliphatic heterocycles. The third kappa shape index (κ3) is 4.84. The van der Waals surface area contributed by atoms with Crippen LogP contribution < -0.4 is 4.90 Å². The van der Waals surface area contributed by atoms with Crippen molar-refractivity contribution in [2.75, 3.05) is 24.6 Å². The Balaban J connectivity index is 1.86. The number of hydrogen-bond acceptors (Lipinski definition) is 5. The van der Waals surface area contributed by atoms with E-state index >= 15 is 0 Å². The fourth-order valence-electron chi connectivity index (χ4n) is 6.82. The molecule has 1 spiro atoms. The highest BCUT2D eigenvalue weighted by Crippen LogP contribution is 2.61. The number of anilines is 1. The van der Waals surface area contributed by atoms with E-state index < -0.39 is 41.2 Å². The van der Waals surface area contributed by atoms with Crippen LogP contribution in [0.5, 0.6) is 0 Å². The van der Waals surface area contributed by atoms with E-state index in [2.05, 4.69) is 29.1 Å². The molecule has 0 aliphatic carbocycles. The van der Waals surface area contributed by atoms with Crippen LogP contribution in [0, 0.1) is 17.8 Å². The van der Waals surface area contributed by atoms with Gasteiger partial charge in [-0.25, -0.2) is 0 Å². The lowest BCUT2D eigenvalue weighted by atomic mass is 9.70. The first-order chi connectivity index (χ1) is 18.8. The Labute approximate surface area is 246 Å². The van der Waals surface area contributed by atoms with Crippen LogP contribution in [0.15, 0.2) is 55.6 Å². The Morgan fingerprint density at radius 3 is 2.33 bits per heavy atom. The van der Waals surface area contributed by atoms with Crippen molar-refractivity contribution < 1.29 is 24.2 Å². The van der Waals surface area contributed by atoms with Gasteiger partial charge >= 0.3 is 0 Å². The number of para-hydroxylation sites is 1. The number of hydrogen-bond donors (Lipinski definition) is 1. The maximum absolute atomic E-state index is 14.5. The molecule has 0 aromatic heterocycles. The molecule has 40 heavy (non-hydrogen) atoms. The first-order valence-electron chi connectivity index (χ1n) is 14.0. The maximum Gasteiger partial charge on any atom is 0.249 e. The highest BCUT2D eigenvalue weighted by Gasteiger charge is 2.77. The monoisotopic (exact) mass is 615 g/mol. The van der Waals surface area contributed by atoms with Crippen molar-refractivity contribution in [1.82, 2.24) is 9.80 Å². The molecule has 0 saturated carbocycles. The van der Waals surface area contributed by atoms with Crippen LogP contribution in [0.2, 0.25) is 0 Å². The molecule has 3 saturated heterocycles. The van der Waals surface area contributed by atoms with E-state index in [-0.39, 0.29) is 48.2 Å². The number of carbonyl (C=O) groups excluding carboxylic acids is 3. The van der Waals surface area contributed by atoms with Crippen LogP contribution in [0.1, 0.15) is 41.0 Å². The number of alkyl halides is 1. The van der Waals surface area contributed by atoms with E-state index in [1.54, 1.807) is 26.9 Å². The molecular formula is C31H42BrN3O5. The zero-order chi connectivity index (χ0) is 29.6. The predicted molar refractivity (Wildman–Crippen MR) is 159 cm³/mol. The summed E-state index contributed by atoms with van der Waals surface area (Å²) >= 11 is 3.75. The molecule has 1 aromatic carbocycles. The highest BCUT2D eigenvalue weighted by atomic mass is 79.9. The fourth-order valence-corrected chi connectivity index (χ4v) is 7.76. The van der Waals surface area contributed by atoms with Gasteiger partial charge in [0.2, 0.25) is 17.7 Å². The average Bonchev–Trinajstić information content (AvgIpc) is 3.49. The van der Waals surface area contributed by atoms with Crippen molar-refractivity contribution in [1.29, 1.82) is 0 Å². The van der Waals surface area contributed by atoms with Gasteiger partial charge in [0.25, 0.3) is 0 Å². The van der Waals surface area contributed by atoms with Gasteiger partial charge in [-0.15, -0.1) is 13.2 Å². The molecule has 3 amide bonds. The zero-order valence-corrected chi connectivity index (χ0v) is 25.7. The molecule has 9 heteroatoms. The Bertz CT molecular complexity index is 1150. The van der Waals surface area contributed by atoms with Crippen LogP contribution in [0.4, 0.5) is 5.69 Å². The summed E-state index contributed by atoms with van der Waals surface area (Å²) in [5, 5.41) is 10.5. The summed E-state index contributed by atoms with van der Waals surface area (Å²) in [4.78, 5) is 48.1. The minimum absolute atomic E-state index is 0.130. The van der Waals surface area contributed by atoms with E-state index in [1.807, 2.05) is 65.0 Å². The molecule has 1 N–H and O–H groups in total. The summed E-state index contributed by atoms with van der Waals surface area (Å²) in [6.45, 7) is 17.6. The number of aliphatic hydroxyl groups excluding tert-OH is 1. The minimum Gasteiger partial charge on any atom is -0.394 e. The topological polar surface area (TPSA) is 90.4 Å². The molecular weight excluding hydrogens is 574 g/mol. The van der Waals surface area contributed by atoms with Crippen molar-refractivity contribution in [2.45, 2.75) is 75.2 Å². The average molecular weight is 617 g/mol. The smallest absolute Gasteiger partial charge is 0.249 e. The van der Waals surface area contributed by atoms with Crippen molar-refractivity contribution in [3.05, 3.63) is 55.6 Å². The Kier molecular flexibility index (Phi) is 8.69. The predicted octanol–water partition coefficient (Wildman–Crippen LogP) is 3.78. The molecule has 3 heterocycles. The van der Waals surface area contributed by atoms with E-state index in [9.17, 15) is 19.5 Å². The van der Waals surface area contributed by atoms with Gasteiger partial charge in [-0.2, -0.15) is 0 Å². The number of ether oxygens (including phenoxy) is 1. The number of fused-ring (bicyclic) bond motifs is 1. The molecule has 3 aliphatic rings. The molecule has 3 unspecified atom stereocenters. The van der Waals surface area contributed by atoms with Crippen LogP contribution in [-0.4, -0.2) is 86.5 Å². The molecule has 2 bridgehead atoms. The first-order valence-corrected chi connectivity index (χ1v) is 14.9. The Morgan fingerprint density at radius 2 is 1.80 bits per heavy atom. The van der Waals surface area contributed by atoms with Gasteiger partial charge in [-0.3, -0.25) is 14.4 Å². The van der Waals surface area contributed by atoms with Crippen LogP contribution >= 0.6 is 15.9 Å². The second kappa shape index (κ2) is 11.4. The largest absolute Gasteiger partial charge is 0.394 e. The maximum atomic E-state index is 14.5. The third-order valence-corrected chi connectivity index (χ3v) is 9.44. The molecule has 7 atom stereocenters.